The molecule has 6 heteroatoms. The van der Waals surface area contributed by atoms with Crippen LogP contribution in [0.2, 0.25) is 0 Å². The lowest BCUT2D eigenvalue weighted by Gasteiger charge is -2.11. The van der Waals surface area contributed by atoms with Crippen molar-refractivity contribution in [2.24, 2.45) is 5.92 Å². The quantitative estimate of drug-likeness (QED) is 0.667. The Morgan fingerprint density at radius 3 is 2.39 bits per heavy atom. The van der Waals surface area contributed by atoms with E-state index in [1.807, 2.05) is 24.3 Å². The molecule has 0 aromatic heterocycles. The Kier molecular flexibility index (Phi) is 2.98. The number of hydrogen-bond acceptors (Lipinski definition) is 1. The van der Waals surface area contributed by atoms with Gasteiger partial charge in [-0.1, -0.05) is 24.3 Å². The van der Waals surface area contributed by atoms with E-state index in [4.69, 9.17) is 0 Å². The highest BCUT2D eigenvalue weighted by Crippen LogP contribution is 2.56. The average molecular weight is 321 g/mol. The number of rotatable bonds is 2. The maximum absolute atomic E-state index is 13.7. The summed E-state index contributed by atoms with van der Waals surface area (Å²) in [5.41, 5.74) is 1.09. The Labute approximate surface area is 129 Å². The molecule has 118 valence electrons. The molecule has 2 nitrogen and oxygen atoms in total. The SMILES string of the molecule is O=C(N[C@@H]1[C@H]2Cc3ccccc3[C@@H]21)c1c(F)c(F)cc(F)c1F. The highest BCUT2D eigenvalue weighted by atomic mass is 19.2. The van der Waals surface area contributed by atoms with Gasteiger partial charge in [0.2, 0.25) is 0 Å². The summed E-state index contributed by atoms with van der Waals surface area (Å²) in [4.78, 5) is 12.1. The predicted molar refractivity (Wildman–Crippen MR) is 73.9 cm³/mol. The van der Waals surface area contributed by atoms with Crippen LogP contribution in [0.4, 0.5) is 17.6 Å². The van der Waals surface area contributed by atoms with Crippen molar-refractivity contribution in [3.8, 4) is 0 Å². The summed E-state index contributed by atoms with van der Waals surface area (Å²) < 4.78 is 53.7. The molecule has 2 aromatic rings. The van der Waals surface area contributed by atoms with E-state index in [2.05, 4.69) is 5.32 Å². The molecule has 0 radical (unpaired) electrons. The second-order valence-electron chi connectivity index (χ2n) is 5.93. The largest absolute Gasteiger partial charge is 0.348 e. The van der Waals surface area contributed by atoms with E-state index in [1.54, 1.807) is 0 Å². The number of benzene rings is 2. The predicted octanol–water partition coefficient (Wildman–Crippen LogP) is 3.31. The normalized spacial score (nSPS) is 24.1. The number of hydrogen-bond donors (Lipinski definition) is 1. The van der Waals surface area contributed by atoms with Crippen LogP contribution in [0.3, 0.4) is 0 Å². The van der Waals surface area contributed by atoms with Gasteiger partial charge in [-0.2, -0.15) is 0 Å². The smallest absolute Gasteiger partial charge is 0.257 e. The summed E-state index contributed by atoms with van der Waals surface area (Å²) in [6.45, 7) is 0. The van der Waals surface area contributed by atoms with E-state index in [0.717, 1.165) is 12.0 Å². The zero-order valence-electron chi connectivity index (χ0n) is 11.7. The van der Waals surface area contributed by atoms with Gasteiger partial charge in [0.05, 0.1) is 0 Å². The number of nitrogens with one attached hydrogen (secondary N) is 1. The molecule has 1 N–H and O–H groups in total. The molecule has 2 aliphatic carbocycles. The summed E-state index contributed by atoms with van der Waals surface area (Å²) >= 11 is 0. The topological polar surface area (TPSA) is 29.1 Å². The molecule has 2 aliphatic rings. The molecule has 4 rings (SSSR count). The first kappa shape index (κ1) is 14.2. The Bertz CT molecular complexity index is 809. The fraction of sp³-hybridized carbons (Fsp3) is 0.235. The van der Waals surface area contributed by atoms with E-state index in [0.29, 0.717) is 0 Å². The summed E-state index contributed by atoms with van der Waals surface area (Å²) in [6, 6.07) is 7.60. The van der Waals surface area contributed by atoms with Crippen LogP contribution >= 0.6 is 0 Å². The van der Waals surface area contributed by atoms with Crippen LogP contribution < -0.4 is 5.32 Å². The number of fused-ring (bicyclic) bond motifs is 3. The van der Waals surface area contributed by atoms with E-state index in [9.17, 15) is 22.4 Å². The Balaban J connectivity index is 1.58. The van der Waals surface area contributed by atoms with Crippen LogP contribution in [0.15, 0.2) is 30.3 Å². The average Bonchev–Trinajstić information content (AvgIpc) is 3.03. The maximum atomic E-state index is 13.7. The highest BCUT2D eigenvalue weighted by Gasteiger charge is 2.56. The number of amides is 1. The summed E-state index contributed by atoms with van der Waals surface area (Å²) in [7, 11) is 0. The van der Waals surface area contributed by atoms with Gasteiger partial charge in [-0.25, -0.2) is 17.6 Å². The lowest BCUT2D eigenvalue weighted by atomic mass is 10.0. The second-order valence-corrected chi connectivity index (χ2v) is 5.93. The first-order valence-electron chi connectivity index (χ1n) is 7.20. The Morgan fingerprint density at radius 2 is 1.70 bits per heavy atom. The minimum absolute atomic E-state index is 0.0869. The monoisotopic (exact) mass is 321 g/mol. The lowest BCUT2D eigenvalue weighted by molar-refractivity contribution is 0.0937. The maximum Gasteiger partial charge on any atom is 0.257 e. The minimum Gasteiger partial charge on any atom is -0.348 e. The number of carbonyl (C=O) groups excluding carboxylic acids is 1. The van der Waals surface area contributed by atoms with Crippen molar-refractivity contribution >= 4 is 5.91 Å². The second kappa shape index (κ2) is 4.81. The van der Waals surface area contributed by atoms with Crippen molar-refractivity contribution < 1.29 is 22.4 Å². The van der Waals surface area contributed by atoms with Crippen LogP contribution in [-0.2, 0) is 6.42 Å². The summed E-state index contributed by atoms with van der Waals surface area (Å²) in [5, 5.41) is 2.50. The molecule has 23 heavy (non-hydrogen) atoms. The van der Waals surface area contributed by atoms with Crippen molar-refractivity contribution in [3.63, 3.8) is 0 Å². The molecule has 3 atom stereocenters. The van der Waals surface area contributed by atoms with E-state index < -0.39 is 34.7 Å². The third-order valence-electron chi connectivity index (χ3n) is 4.67. The van der Waals surface area contributed by atoms with Crippen LogP contribution in [0, 0.1) is 29.2 Å². The molecule has 0 aliphatic heterocycles. The van der Waals surface area contributed by atoms with Gasteiger partial charge in [-0.15, -0.1) is 0 Å². The van der Waals surface area contributed by atoms with Crippen molar-refractivity contribution in [2.45, 2.75) is 18.4 Å². The van der Waals surface area contributed by atoms with Crippen LogP contribution in [0.5, 0.6) is 0 Å². The van der Waals surface area contributed by atoms with Gasteiger partial charge in [0.1, 0.15) is 5.56 Å². The van der Waals surface area contributed by atoms with Crippen molar-refractivity contribution in [2.75, 3.05) is 0 Å². The van der Waals surface area contributed by atoms with Gasteiger partial charge in [0.15, 0.2) is 23.3 Å². The van der Waals surface area contributed by atoms with Gasteiger partial charge in [-0.05, 0) is 23.5 Å². The fourth-order valence-corrected chi connectivity index (χ4v) is 3.54. The van der Waals surface area contributed by atoms with E-state index in [1.165, 1.54) is 5.56 Å². The molecule has 0 heterocycles. The standard InChI is InChI=1S/C17H11F4NO/c18-10-6-11(19)15(21)13(14(10)20)17(23)22-16-9-5-7-3-1-2-4-8(7)12(9)16/h1-4,6,9,12,16H,5H2,(H,22,23)/t9-,12-,16+/m0/s1. The lowest BCUT2D eigenvalue weighted by Crippen LogP contribution is -2.31. The van der Waals surface area contributed by atoms with Crippen LogP contribution in [-0.4, -0.2) is 11.9 Å². The molecule has 0 spiro atoms. The highest BCUT2D eigenvalue weighted by molar-refractivity contribution is 5.95. The Hall–Kier alpha value is -2.37. The molecule has 0 bridgehead atoms. The zero-order valence-corrected chi connectivity index (χ0v) is 11.7. The third kappa shape index (κ3) is 2.04. The number of halogens is 4. The van der Waals surface area contributed by atoms with Gasteiger partial charge < -0.3 is 5.32 Å². The fourth-order valence-electron chi connectivity index (χ4n) is 3.54. The van der Waals surface area contributed by atoms with Crippen LogP contribution in [0.1, 0.15) is 27.4 Å². The van der Waals surface area contributed by atoms with E-state index in [-0.39, 0.29) is 23.9 Å². The first-order chi connectivity index (χ1) is 11.0. The van der Waals surface area contributed by atoms with Gasteiger partial charge >= 0.3 is 0 Å². The third-order valence-corrected chi connectivity index (χ3v) is 4.67. The van der Waals surface area contributed by atoms with Crippen molar-refractivity contribution in [1.29, 1.82) is 0 Å². The van der Waals surface area contributed by atoms with Gasteiger partial charge in [0, 0.05) is 18.0 Å². The molecule has 1 saturated carbocycles. The Morgan fingerprint density at radius 1 is 1.04 bits per heavy atom. The molecule has 0 saturated heterocycles. The molecular weight excluding hydrogens is 310 g/mol. The van der Waals surface area contributed by atoms with Crippen molar-refractivity contribution in [3.05, 3.63) is 70.3 Å². The molecule has 1 fully saturated rings. The van der Waals surface area contributed by atoms with E-state index >= 15 is 0 Å². The molecule has 2 aromatic carbocycles. The van der Waals surface area contributed by atoms with Gasteiger partial charge in [-0.3, -0.25) is 4.79 Å². The van der Waals surface area contributed by atoms with Crippen molar-refractivity contribution in [1.82, 2.24) is 5.32 Å². The summed E-state index contributed by atoms with van der Waals surface area (Å²) in [5.74, 6) is -7.39. The zero-order chi connectivity index (χ0) is 16.3. The minimum atomic E-state index is -1.67. The molecule has 0 unspecified atom stereocenters. The molecular formula is C17H11F4NO. The summed E-state index contributed by atoms with van der Waals surface area (Å²) in [6.07, 6.45) is 0.772. The van der Waals surface area contributed by atoms with Gasteiger partial charge in [0.25, 0.3) is 5.91 Å². The number of carbonyl (C=O) groups is 1. The molecule has 1 amide bonds. The first-order valence-corrected chi connectivity index (χ1v) is 7.20. The van der Waals surface area contributed by atoms with Crippen LogP contribution in [0.25, 0.3) is 0 Å².